The quantitative estimate of drug-likeness (QED) is 0.0192. The number of aromatic carboxylic acids is 3. The number of Topliss-reactive ketones (excluding diaryl/α,β-unsaturated/α-hetero) is 5. The molecule has 5 heterocycles. The van der Waals surface area contributed by atoms with Crippen LogP contribution in [0.25, 0.3) is 22.7 Å². The molecule has 8 aromatic carbocycles. The van der Waals surface area contributed by atoms with Crippen LogP contribution in [0.4, 0.5) is 5.69 Å². The summed E-state index contributed by atoms with van der Waals surface area (Å²) in [5.74, 6) is -1.17. The van der Waals surface area contributed by atoms with Crippen molar-refractivity contribution in [3.8, 4) is 45.7 Å². The Kier molecular flexibility index (Phi) is 27.4. The molecule has 12 aromatic rings. The number of carboxylic acids is 3. The third kappa shape index (κ3) is 20.7. The van der Waals surface area contributed by atoms with Crippen molar-refractivity contribution in [1.82, 2.24) is 80.8 Å². The number of carbonyl (C=O) groups is 9. The number of hydrogen-bond donors (Lipinski definition) is 4. The van der Waals surface area contributed by atoms with Gasteiger partial charge in [-0.2, -0.15) is 18.7 Å². The van der Waals surface area contributed by atoms with Crippen LogP contribution in [-0.2, 0) is 11.2 Å². The van der Waals surface area contributed by atoms with Crippen LogP contribution in [0.1, 0.15) is 113 Å². The first-order chi connectivity index (χ1) is 54.8. The van der Waals surface area contributed by atoms with E-state index in [2.05, 4.69) is 67.4 Å². The molecule has 40 heteroatoms. The highest BCUT2D eigenvalue weighted by molar-refractivity contribution is 8.00. The third-order valence-corrected chi connectivity index (χ3v) is 21.5. The molecule has 33 nitrogen and oxygen atoms in total. The molecule has 1 aliphatic heterocycles. The summed E-state index contributed by atoms with van der Waals surface area (Å²) in [7, 11) is 6.05. The van der Waals surface area contributed by atoms with Crippen LogP contribution < -0.4 is 24.3 Å². The number of carbonyl (C=O) groups excluding carboxylic acids is 6. The normalized spacial score (nSPS) is 12.7. The standard InChI is InChI=1S/C19H14Cl2N4O3S.C19H14ClN5O3S.2C18H16N4O5S/c20-19(21)9-15(19)11-1-3-12(4-2-11)16(26)10-29-18-22-23-24-25(18)14-7-5-13(6-8-14)17(27)28;1-10(26)11-2-4-13(5-3-11)25-19(22-23-24-25)29-9-17(27)14-6-12-7-18(28)21-16(12)8-15(14)20;1-26-15-8-5-12(9-16(15)27-2)14(23)10-28-18-19-20-21-22(18)13-6-3-11(4-7-13)17(24)25;1-26-13-7-8-16(27-2)14(9-13)15(23)10-28-18-19-20-21-22(18)12-5-3-11(4-6-12)17(24)25/h1-8,15H,9-10H2,(H,27,28);2-6,8H,7,9H2,1H3,(H,21,28);2*3-9H,10H2,1-2H3,(H,24,25). The fraction of sp³-hybridized carbons (Fsp3) is 0.176. The number of fused-ring (bicyclic) bond motifs is 1. The Morgan fingerprint density at radius 2 is 0.816 bits per heavy atom. The average molecular weight is 1680 g/mol. The molecule has 14 rings (SSSR count). The van der Waals surface area contributed by atoms with Gasteiger partial charge in [0.2, 0.25) is 26.5 Å². The highest BCUT2D eigenvalue weighted by atomic mass is 35.5. The van der Waals surface area contributed by atoms with E-state index < -0.39 is 22.2 Å². The van der Waals surface area contributed by atoms with Crippen molar-refractivity contribution in [1.29, 1.82) is 0 Å². The van der Waals surface area contributed by atoms with Gasteiger partial charge in [-0.05, 0) is 212 Å². The summed E-state index contributed by atoms with van der Waals surface area (Å²) in [5.41, 5.74) is 7.78. The number of tetrazole rings is 4. The van der Waals surface area contributed by atoms with Crippen LogP contribution in [-0.4, -0.2) is 205 Å². The number of alkyl halides is 2. The van der Waals surface area contributed by atoms with Gasteiger partial charge in [0.15, 0.2) is 40.4 Å². The molecule has 0 radical (unpaired) electrons. The number of carboxylic acid groups (broad SMARTS) is 3. The van der Waals surface area contributed by atoms with Gasteiger partial charge in [0.25, 0.3) is 0 Å². The van der Waals surface area contributed by atoms with Gasteiger partial charge in [0.1, 0.15) is 15.8 Å². The van der Waals surface area contributed by atoms with E-state index in [-0.39, 0.29) is 91.9 Å². The second-order valence-electron chi connectivity index (χ2n) is 24.0. The van der Waals surface area contributed by atoms with Crippen LogP contribution in [0.3, 0.4) is 0 Å². The van der Waals surface area contributed by atoms with Crippen LogP contribution in [0, 0.1) is 0 Å². The number of nitrogens with zero attached hydrogens (tertiary/aromatic N) is 16. The van der Waals surface area contributed by atoms with E-state index in [1.165, 1.54) is 126 Å². The number of methoxy groups -OCH3 is 4. The lowest BCUT2D eigenvalue weighted by molar-refractivity contribution is -0.115. The Labute approximate surface area is 677 Å². The van der Waals surface area contributed by atoms with Crippen molar-refractivity contribution in [2.45, 2.75) is 50.6 Å². The zero-order valence-electron chi connectivity index (χ0n) is 60.1. The van der Waals surface area contributed by atoms with Crippen LogP contribution in [0.2, 0.25) is 5.02 Å². The minimum atomic E-state index is -1.02. The molecule has 0 saturated heterocycles. The Balaban J connectivity index is 0.000000150. The number of ketones is 5. The van der Waals surface area contributed by atoms with Crippen LogP contribution in [0.15, 0.2) is 190 Å². The third-order valence-electron chi connectivity index (χ3n) is 16.7. The second-order valence-corrected chi connectivity index (χ2v) is 29.7. The lowest BCUT2D eigenvalue weighted by Crippen LogP contribution is -2.07. The molecule has 1 amide bonds. The highest BCUT2D eigenvalue weighted by Crippen LogP contribution is 2.59. The first kappa shape index (κ1) is 82.7. The van der Waals surface area contributed by atoms with Crippen molar-refractivity contribution in [3.63, 3.8) is 0 Å². The number of amides is 1. The molecular weight excluding hydrogens is 1620 g/mol. The van der Waals surface area contributed by atoms with Gasteiger partial charge >= 0.3 is 17.9 Å². The number of thioether (sulfide) groups is 4. The molecule has 1 unspecified atom stereocenters. The molecule has 0 spiro atoms. The summed E-state index contributed by atoms with van der Waals surface area (Å²) in [5, 5.41) is 77.7. The predicted octanol–water partition coefficient (Wildman–Crippen LogP) is 11.7. The number of halogens is 3. The van der Waals surface area contributed by atoms with E-state index in [9.17, 15) is 43.2 Å². The fourth-order valence-corrected chi connectivity index (χ4v) is 14.6. The average Bonchev–Trinajstić information content (AvgIpc) is 1.61. The summed E-state index contributed by atoms with van der Waals surface area (Å²) in [6.45, 7) is 1.50. The maximum absolute atomic E-state index is 12.7. The number of nitrogens with one attached hydrogen (secondary N) is 1. The molecule has 1 atom stereocenters. The smallest absolute Gasteiger partial charge is 0.335 e. The monoisotopic (exact) mass is 1680 g/mol. The van der Waals surface area contributed by atoms with Crippen molar-refractivity contribution in [3.05, 3.63) is 231 Å². The van der Waals surface area contributed by atoms with E-state index in [1.807, 2.05) is 12.1 Å². The van der Waals surface area contributed by atoms with Gasteiger partial charge in [-0.15, -0.1) is 43.6 Å². The SMILES string of the molecule is CC(=O)c1ccc(-n2nnnc2SCC(=O)c2cc3c(cc2Cl)NC(=O)C3)cc1.COc1ccc(C(=O)CSc2nnnn2-c2ccc(C(=O)O)cc2)cc1OC.COc1ccc(OC)c(C(=O)CSc2nnnn2-c2ccc(C(=O)O)cc2)c1.O=C(O)c1ccc(-n2nnnc2SCC(=O)c2ccc(C3CC3(Cl)Cl)cc2)cc1. The highest BCUT2D eigenvalue weighted by Gasteiger charge is 2.52. The van der Waals surface area contributed by atoms with Gasteiger partial charge in [-0.3, -0.25) is 28.8 Å². The summed E-state index contributed by atoms with van der Waals surface area (Å²) in [4.78, 5) is 106. The van der Waals surface area contributed by atoms with Gasteiger partial charge in [0, 0.05) is 33.9 Å². The van der Waals surface area contributed by atoms with E-state index in [0.29, 0.717) is 99.9 Å². The molecule has 4 aromatic heterocycles. The summed E-state index contributed by atoms with van der Waals surface area (Å²) < 4.78 is 25.9. The molecule has 4 N–H and O–H groups in total. The Morgan fingerprint density at radius 3 is 1.20 bits per heavy atom. The zero-order valence-corrected chi connectivity index (χ0v) is 65.6. The molecule has 1 saturated carbocycles. The first-order valence-electron chi connectivity index (χ1n) is 33.3. The van der Waals surface area contributed by atoms with Gasteiger partial charge in [-0.25, -0.2) is 14.4 Å². The molecule has 582 valence electrons. The van der Waals surface area contributed by atoms with Crippen molar-refractivity contribution >= 4 is 140 Å². The zero-order chi connectivity index (χ0) is 81.3. The number of ether oxygens (including phenoxy) is 4. The minimum Gasteiger partial charge on any atom is -0.497 e. The maximum Gasteiger partial charge on any atom is 0.335 e. The Morgan fingerprint density at radius 1 is 0.447 bits per heavy atom. The number of hydrogen-bond acceptors (Lipinski definition) is 29. The molecule has 1 fully saturated rings. The summed E-state index contributed by atoms with van der Waals surface area (Å²) >= 11 is 23.1. The van der Waals surface area contributed by atoms with Crippen LogP contribution >= 0.6 is 81.9 Å². The molecular formula is C74H60Cl3N17O16S4. The Bertz CT molecular complexity index is 5580. The molecule has 2 aliphatic rings. The van der Waals surface area contributed by atoms with Crippen molar-refractivity contribution in [2.24, 2.45) is 0 Å². The second kappa shape index (κ2) is 37.8. The molecule has 0 bridgehead atoms. The van der Waals surface area contributed by atoms with E-state index in [0.717, 1.165) is 29.3 Å². The van der Waals surface area contributed by atoms with Gasteiger partial charge in [-0.1, -0.05) is 82.9 Å². The van der Waals surface area contributed by atoms with E-state index in [4.69, 9.17) is 69.1 Å². The van der Waals surface area contributed by atoms with Gasteiger partial charge < -0.3 is 39.6 Å². The largest absolute Gasteiger partial charge is 0.497 e. The Hall–Kier alpha value is -12.3. The van der Waals surface area contributed by atoms with Gasteiger partial charge in [0.05, 0.1) is 108 Å². The summed E-state index contributed by atoms with van der Waals surface area (Å²) in [6.07, 6.45) is 0.948. The number of benzene rings is 8. The number of rotatable bonds is 29. The predicted molar refractivity (Wildman–Crippen MR) is 419 cm³/mol. The first-order valence-corrected chi connectivity index (χ1v) is 38.4. The lowest BCUT2D eigenvalue weighted by Gasteiger charge is -2.09. The van der Waals surface area contributed by atoms with Crippen molar-refractivity contribution in [2.75, 3.05) is 56.8 Å². The fourth-order valence-electron chi connectivity index (χ4n) is 10.6. The number of aromatic nitrogens is 16. The van der Waals surface area contributed by atoms with Crippen molar-refractivity contribution < 1.29 is 77.4 Å². The van der Waals surface area contributed by atoms with E-state index >= 15 is 0 Å². The summed E-state index contributed by atoms with van der Waals surface area (Å²) in [6, 6.07) is 45.7. The molecule has 114 heavy (non-hydrogen) atoms. The number of anilines is 1. The minimum absolute atomic E-state index is 0.0309. The van der Waals surface area contributed by atoms with E-state index in [1.54, 1.807) is 121 Å². The maximum atomic E-state index is 12.7. The van der Waals surface area contributed by atoms with Crippen LogP contribution in [0.5, 0.6) is 23.0 Å². The topological polar surface area (TPSA) is 438 Å². The molecule has 1 aliphatic carbocycles. The lowest BCUT2D eigenvalue weighted by atomic mass is 10.1.